The summed E-state index contributed by atoms with van der Waals surface area (Å²) in [4.78, 5) is 0. The predicted octanol–water partition coefficient (Wildman–Crippen LogP) is 11.9. The molecule has 44 heavy (non-hydrogen) atoms. The zero-order valence-corrected chi connectivity index (χ0v) is 25.0. The van der Waals surface area contributed by atoms with Crippen molar-refractivity contribution >= 4 is 22.1 Å². The Balaban J connectivity index is 1.03. The standard InChI is InChI=1S/C43H33N/c1-43(2)41-19-6-5-15-39(41)40-18-9-17-38(42(40)43)31-22-26-35(27-23-31)44-34-24-20-29(21-25-34)32-12-7-13-33(28-32)37-16-8-11-30-10-3-4-14-36(30)37/h3-28,44H,1-2H3. The maximum absolute atomic E-state index is 3.60. The van der Waals surface area contributed by atoms with Gasteiger partial charge in [-0.15, -0.1) is 0 Å². The second-order valence-corrected chi connectivity index (χ2v) is 12.3. The first-order chi connectivity index (χ1) is 21.6. The van der Waals surface area contributed by atoms with Gasteiger partial charge in [0.25, 0.3) is 0 Å². The number of hydrogen-bond donors (Lipinski definition) is 1. The third-order valence-corrected chi connectivity index (χ3v) is 9.25. The van der Waals surface area contributed by atoms with Crippen LogP contribution in [0.25, 0.3) is 55.3 Å². The van der Waals surface area contributed by atoms with Gasteiger partial charge in [0.1, 0.15) is 0 Å². The van der Waals surface area contributed by atoms with Crippen LogP contribution in [0.15, 0.2) is 158 Å². The highest BCUT2D eigenvalue weighted by atomic mass is 14.9. The highest BCUT2D eigenvalue weighted by Crippen LogP contribution is 2.52. The number of benzene rings is 7. The van der Waals surface area contributed by atoms with Crippen LogP contribution < -0.4 is 5.32 Å². The van der Waals surface area contributed by atoms with Crippen LogP contribution in [-0.4, -0.2) is 0 Å². The second-order valence-electron chi connectivity index (χ2n) is 12.3. The van der Waals surface area contributed by atoms with Gasteiger partial charge in [0.2, 0.25) is 0 Å². The maximum Gasteiger partial charge on any atom is 0.0384 e. The minimum atomic E-state index is -0.0322. The maximum atomic E-state index is 3.60. The third kappa shape index (κ3) is 4.41. The summed E-state index contributed by atoms with van der Waals surface area (Å²) in [5, 5.41) is 6.15. The van der Waals surface area contributed by atoms with Gasteiger partial charge in [-0.3, -0.25) is 0 Å². The summed E-state index contributed by atoms with van der Waals surface area (Å²) < 4.78 is 0. The first-order valence-corrected chi connectivity index (χ1v) is 15.4. The van der Waals surface area contributed by atoms with Crippen LogP contribution in [0.5, 0.6) is 0 Å². The largest absolute Gasteiger partial charge is 0.356 e. The number of anilines is 2. The topological polar surface area (TPSA) is 12.0 Å². The van der Waals surface area contributed by atoms with Gasteiger partial charge in [-0.1, -0.05) is 141 Å². The summed E-state index contributed by atoms with van der Waals surface area (Å²) in [7, 11) is 0. The molecule has 0 spiro atoms. The number of nitrogens with one attached hydrogen (secondary N) is 1. The van der Waals surface area contributed by atoms with Crippen LogP contribution in [0, 0.1) is 0 Å². The molecule has 1 aliphatic carbocycles. The lowest BCUT2D eigenvalue weighted by atomic mass is 9.79. The number of hydrogen-bond acceptors (Lipinski definition) is 1. The van der Waals surface area contributed by atoms with Gasteiger partial charge < -0.3 is 5.32 Å². The summed E-state index contributed by atoms with van der Waals surface area (Å²) in [6.07, 6.45) is 0. The van der Waals surface area contributed by atoms with E-state index in [1.807, 2.05) is 0 Å². The summed E-state index contributed by atoms with van der Waals surface area (Å²) >= 11 is 0. The van der Waals surface area contributed by atoms with Crippen LogP contribution in [0.2, 0.25) is 0 Å². The normalized spacial score (nSPS) is 13.0. The molecular formula is C43H33N. The average Bonchev–Trinajstić information content (AvgIpc) is 3.32. The lowest BCUT2D eigenvalue weighted by Crippen LogP contribution is -2.16. The molecule has 7 aromatic rings. The van der Waals surface area contributed by atoms with Crippen molar-refractivity contribution in [2.45, 2.75) is 19.3 Å². The highest BCUT2D eigenvalue weighted by Gasteiger charge is 2.37. The van der Waals surface area contributed by atoms with Crippen molar-refractivity contribution < 1.29 is 0 Å². The molecule has 7 aromatic carbocycles. The quantitative estimate of drug-likeness (QED) is 0.220. The predicted molar refractivity (Wildman–Crippen MR) is 188 cm³/mol. The van der Waals surface area contributed by atoms with Crippen LogP contribution >= 0.6 is 0 Å². The summed E-state index contributed by atoms with van der Waals surface area (Å²) in [6.45, 7) is 4.70. The third-order valence-electron chi connectivity index (χ3n) is 9.25. The Morgan fingerprint density at radius 1 is 0.409 bits per heavy atom. The Hall–Kier alpha value is -5.40. The Labute approximate surface area is 259 Å². The van der Waals surface area contributed by atoms with Crippen molar-refractivity contribution in [3.05, 3.63) is 169 Å². The Bertz CT molecular complexity index is 2150. The molecule has 210 valence electrons. The van der Waals surface area contributed by atoms with Gasteiger partial charge in [0.05, 0.1) is 0 Å². The number of rotatable bonds is 5. The smallest absolute Gasteiger partial charge is 0.0384 e. The van der Waals surface area contributed by atoms with Crippen molar-refractivity contribution in [2.75, 3.05) is 5.32 Å². The Morgan fingerprint density at radius 2 is 0.977 bits per heavy atom. The summed E-state index contributed by atoms with van der Waals surface area (Å²) in [5.74, 6) is 0. The zero-order valence-electron chi connectivity index (χ0n) is 25.0. The minimum Gasteiger partial charge on any atom is -0.356 e. The van der Waals surface area contributed by atoms with E-state index < -0.39 is 0 Å². The highest BCUT2D eigenvalue weighted by molar-refractivity contribution is 5.97. The fraction of sp³-hybridized carbons (Fsp3) is 0.0698. The van der Waals surface area contributed by atoms with E-state index in [1.54, 1.807) is 0 Å². The molecule has 0 radical (unpaired) electrons. The monoisotopic (exact) mass is 563 g/mol. The Kier molecular flexibility index (Phi) is 6.20. The van der Waals surface area contributed by atoms with E-state index in [-0.39, 0.29) is 5.41 Å². The van der Waals surface area contributed by atoms with Crippen LogP contribution in [-0.2, 0) is 5.41 Å². The lowest BCUT2D eigenvalue weighted by molar-refractivity contribution is 0.662. The molecule has 0 saturated heterocycles. The Morgan fingerprint density at radius 3 is 1.80 bits per heavy atom. The van der Waals surface area contributed by atoms with Gasteiger partial charge in [0, 0.05) is 16.8 Å². The molecule has 0 atom stereocenters. The van der Waals surface area contributed by atoms with E-state index in [2.05, 4.69) is 177 Å². The van der Waals surface area contributed by atoms with Gasteiger partial charge in [-0.05, 0) is 96.7 Å². The van der Waals surface area contributed by atoms with Crippen LogP contribution in [0.1, 0.15) is 25.0 Å². The summed E-state index contributed by atoms with van der Waals surface area (Å²) in [6, 6.07) is 57.1. The molecule has 0 saturated carbocycles. The van der Waals surface area contributed by atoms with E-state index in [4.69, 9.17) is 0 Å². The second kappa shape index (κ2) is 10.4. The average molecular weight is 564 g/mol. The van der Waals surface area contributed by atoms with Crippen molar-refractivity contribution in [3.8, 4) is 44.5 Å². The molecule has 0 aliphatic heterocycles. The molecular weight excluding hydrogens is 530 g/mol. The zero-order chi connectivity index (χ0) is 29.7. The lowest BCUT2D eigenvalue weighted by Gasteiger charge is -2.24. The van der Waals surface area contributed by atoms with Crippen molar-refractivity contribution in [1.29, 1.82) is 0 Å². The fourth-order valence-corrected chi connectivity index (χ4v) is 7.08. The fourth-order valence-electron chi connectivity index (χ4n) is 7.08. The molecule has 0 bridgehead atoms. The first-order valence-electron chi connectivity index (χ1n) is 15.4. The van der Waals surface area contributed by atoms with E-state index >= 15 is 0 Å². The van der Waals surface area contributed by atoms with E-state index in [0.717, 1.165) is 11.4 Å². The molecule has 0 fully saturated rings. The summed E-state index contributed by atoms with van der Waals surface area (Å²) in [5.41, 5.74) is 15.1. The van der Waals surface area contributed by atoms with E-state index in [0.29, 0.717) is 0 Å². The van der Waals surface area contributed by atoms with Crippen LogP contribution in [0.3, 0.4) is 0 Å². The first kappa shape index (κ1) is 26.2. The van der Waals surface area contributed by atoms with Crippen LogP contribution in [0.4, 0.5) is 11.4 Å². The van der Waals surface area contributed by atoms with E-state index in [1.165, 1.54) is 66.4 Å². The number of fused-ring (bicyclic) bond motifs is 4. The molecule has 0 heterocycles. The molecule has 0 unspecified atom stereocenters. The van der Waals surface area contributed by atoms with Gasteiger partial charge in [-0.25, -0.2) is 0 Å². The van der Waals surface area contributed by atoms with Crippen molar-refractivity contribution in [1.82, 2.24) is 0 Å². The molecule has 1 nitrogen and oxygen atoms in total. The van der Waals surface area contributed by atoms with Gasteiger partial charge in [-0.2, -0.15) is 0 Å². The minimum absolute atomic E-state index is 0.0322. The molecule has 0 amide bonds. The molecule has 0 aromatic heterocycles. The molecule has 1 N–H and O–H groups in total. The molecule has 1 heteroatoms. The van der Waals surface area contributed by atoms with Crippen molar-refractivity contribution in [3.63, 3.8) is 0 Å². The molecule has 1 aliphatic rings. The SMILES string of the molecule is CC1(C)c2ccccc2-c2cccc(-c3ccc(Nc4ccc(-c5cccc(-c6cccc7ccccc67)c5)cc4)cc3)c21. The van der Waals surface area contributed by atoms with E-state index in [9.17, 15) is 0 Å². The van der Waals surface area contributed by atoms with Gasteiger partial charge in [0.15, 0.2) is 0 Å². The van der Waals surface area contributed by atoms with Crippen molar-refractivity contribution in [2.24, 2.45) is 0 Å². The molecule has 8 rings (SSSR count). The van der Waals surface area contributed by atoms with Gasteiger partial charge >= 0.3 is 0 Å².